The molecule has 1 aliphatic heterocycles. The van der Waals surface area contributed by atoms with Gasteiger partial charge in [-0.3, -0.25) is 0 Å². The number of nitrogens with one attached hydrogen (secondary N) is 2. The maximum Gasteiger partial charge on any atom is 0.123 e. The first-order chi connectivity index (χ1) is 7.58. The predicted molar refractivity (Wildman–Crippen MR) is 63.0 cm³/mol. The zero-order chi connectivity index (χ0) is 11.3. The second kappa shape index (κ2) is 3.08. The van der Waals surface area contributed by atoms with E-state index in [1.807, 2.05) is 6.07 Å². The van der Waals surface area contributed by atoms with Crippen molar-refractivity contribution in [3.05, 3.63) is 35.3 Å². The van der Waals surface area contributed by atoms with Gasteiger partial charge in [-0.05, 0) is 23.8 Å². The number of hydrogen-bond acceptors (Lipinski definition) is 1. The van der Waals surface area contributed by atoms with Gasteiger partial charge < -0.3 is 10.3 Å². The summed E-state index contributed by atoms with van der Waals surface area (Å²) in [5, 5.41) is 4.40. The molecule has 0 amide bonds. The Balaban J connectivity index is 2.33. The van der Waals surface area contributed by atoms with Crippen molar-refractivity contribution in [2.75, 3.05) is 6.54 Å². The molecule has 0 aliphatic carbocycles. The van der Waals surface area contributed by atoms with E-state index >= 15 is 0 Å². The summed E-state index contributed by atoms with van der Waals surface area (Å²) >= 11 is 0. The largest absolute Gasteiger partial charge is 0.358 e. The summed E-state index contributed by atoms with van der Waals surface area (Å²) in [6.07, 6.45) is 0. The van der Waals surface area contributed by atoms with Crippen molar-refractivity contribution in [3.8, 4) is 0 Å². The lowest BCUT2D eigenvalue weighted by Crippen LogP contribution is -2.38. The SMILES string of the molecule is CC1(C)CNCc2c1[nH]c1ccc(F)cc21. The van der Waals surface area contributed by atoms with Crippen molar-refractivity contribution >= 4 is 10.9 Å². The van der Waals surface area contributed by atoms with E-state index in [4.69, 9.17) is 0 Å². The molecule has 3 heteroatoms. The van der Waals surface area contributed by atoms with Gasteiger partial charge in [-0.25, -0.2) is 4.39 Å². The molecule has 2 nitrogen and oxygen atoms in total. The van der Waals surface area contributed by atoms with Gasteiger partial charge in [-0.1, -0.05) is 13.8 Å². The van der Waals surface area contributed by atoms with E-state index in [1.54, 1.807) is 6.07 Å². The third kappa shape index (κ3) is 1.28. The predicted octanol–water partition coefficient (Wildman–Crippen LogP) is 2.69. The highest BCUT2D eigenvalue weighted by molar-refractivity contribution is 5.85. The summed E-state index contributed by atoms with van der Waals surface area (Å²) < 4.78 is 13.2. The number of hydrogen-bond donors (Lipinski definition) is 2. The Bertz CT molecular complexity index is 554. The second-order valence-corrected chi connectivity index (χ2v) is 5.16. The van der Waals surface area contributed by atoms with Crippen LogP contribution in [-0.2, 0) is 12.0 Å². The van der Waals surface area contributed by atoms with Crippen LogP contribution >= 0.6 is 0 Å². The Morgan fingerprint density at radius 1 is 1.31 bits per heavy atom. The van der Waals surface area contributed by atoms with Crippen LogP contribution < -0.4 is 5.32 Å². The second-order valence-electron chi connectivity index (χ2n) is 5.16. The molecule has 1 aromatic heterocycles. The fourth-order valence-corrected chi connectivity index (χ4v) is 2.57. The smallest absolute Gasteiger partial charge is 0.123 e. The van der Waals surface area contributed by atoms with Crippen LogP contribution in [0.3, 0.4) is 0 Å². The van der Waals surface area contributed by atoms with Crippen LogP contribution in [0.4, 0.5) is 4.39 Å². The first-order valence-corrected chi connectivity index (χ1v) is 5.59. The Hall–Kier alpha value is -1.35. The first kappa shape index (κ1) is 9.85. The minimum atomic E-state index is -0.169. The zero-order valence-electron chi connectivity index (χ0n) is 9.52. The standard InChI is InChI=1S/C13H15FN2/c1-13(2)7-15-6-10-9-5-8(14)3-4-11(9)16-12(10)13/h3-5,15-16H,6-7H2,1-2H3. The Morgan fingerprint density at radius 3 is 2.94 bits per heavy atom. The first-order valence-electron chi connectivity index (χ1n) is 5.59. The molecular formula is C13H15FN2. The topological polar surface area (TPSA) is 27.8 Å². The van der Waals surface area contributed by atoms with Crippen LogP contribution in [0.2, 0.25) is 0 Å². The fraction of sp³-hybridized carbons (Fsp3) is 0.385. The number of benzene rings is 1. The van der Waals surface area contributed by atoms with E-state index in [9.17, 15) is 4.39 Å². The van der Waals surface area contributed by atoms with Gasteiger partial charge in [0.25, 0.3) is 0 Å². The van der Waals surface area contributed by atoms with Crippen LogP contribution in [0.5, 0.6) is 0 Å². The average Bonchev–Trinajstić information content (AvgIpc) is 2.58. The molecule has 0 spiro atoms. The van der Waals surface area contributed by atoms with Crippen molar-refractivity contribution in [1.29, 1.82) is 0 Å². The molecule has 0 bridgehead atoms. The fourth-order valence-electron chi connectivity index (χ4n) is 2.57. The van der Waals surface area contributed by atoms with E-state index < -0.39 is 0 Å². The number of rotatable bonds is 0. The van der Waals surface area contributed by atoms with E-state index in [-0.39, 0.29) is 11.2 Å². The monoisotopic (exact) mass is 218 g/mol. The Labute approximate surface area is 93.9 Å². The van der Waals surface area contributed by atoms with Gasteiger partial charge >= 0.3 is 0 Å². The number of H-pyrrole nitrogens is 1. The van der Waals surface area contributed by atoms with Crippen molar-refractivity contribution in [1.82, 2.24) is 10.3 Å². The van der Waals surface area contributed by atoms with Gasteiger partial charge in [0, 0.05) is 35.1 Å². The Kier molecular flexibility index (Phi) is 1.89. The summed E-state index contributed by atoms with van der Waals surface area (Å²) in [7, 11) is 0. The molecule has 0 atom stereocenters. The minimum absolute atomic E-state index is 0.0864. The van der Waals surface area contributed by atoms with Crippen molar-refractivity contribution in [3.63, 3.8) is 0 Å². The van der Waals surface area contributed by atoms with E-state index in [0.29, 0.717) is 0 Å². The maximum absolute atomic E-state index is 13.2. The molecule has 2 N–H and O–H groups in total. The van der Waals surface area contributed by atoms with E-state index in [0.717, 1.165) is 24.0 Å². The highest BCUT2D eigenvalue weighted by Gasteiger charge is 2.30. The van der Waals surface area contributed by atoms with E-state index in [1.165, 1.54) is 17.3 Å². The van der Waals surface area contributed by atoms with Gasteiger partial charge in [0.05, 0.1) is 0 Å². The molecule has 0 saturated carbocycles. The van der Waals surface area contributed by atoms with Crippen LogP contribution in [0.1, 0.15) is 25.1 Å². The van der Waals surface area contributed by atoms with Crippen LogP contribution in [0.25, 0.3) is 10.9 Å². The molecule has 16 heavy (non-hydrogen) atoms. The molecule has 0 fully saturated rings. The molecule has 3 rings (SSSR count). The summed E-state index contributed by atoms with van der Waals surface area (Å²) in [5.41, 5.74) is 3.57. The van der Waals surface area contributed by atoms with Crippen LogP contribution in [-0.4, -0.2) is 11.5 Å². The van der Waals surface area contributed by atoms with Gasteiger partial charge in [0.15, 0.2) is 0 Å². The van der Waals surface area contributed by atoms with Gasteiger partial charge in [0.1, 0.15) is 5.82 Å². The van der Waals surface area contributed by atoms with Crippen LogP contribution in [0, 0.1) is 5.82 Å². The Morgan fingerprint density at radius 2 is 2.12 bits per heavy atom. The van der Waals surface area contributed by atoms with E-state index in [2.05, 4.69) is 24.1 Å². The molecule has 84 valence electrons. The van der Waals surface area contributed by atoms with Gasteiger partial charge in [-0.2, -0.15) is 0 Å². The summed E-state index contributed by atoms with van der Waals surface area (Å²) in [5.74, 6) is -0.169. The quantitative estimate of drug-likeness (QED) is 0.699. The third-order valence-electron chi connectivity index (χ3n) is 3.41. The molecular weight excluding hydrogens is 203 g/mol. The molecule has 2 aromatic rings. The number of halogens is 1. The lowest BCUT2D eigenvalue weighted by atomic mass is 9.84. The molecule has 0 saturated heterocycles. The van der Waals surface area contributed by atoms with Crippen LogP contribution in [0.15, 0.2) is 18.2 Å². The molecule has 0 unspecified atom stereocenters. The van der Waals surface area contributed by atoms with Crippen molar-refractivity contribution in [2.45, 2.75) is 25.8 Å². The van der Waals surface area contributed by atoms with Crippen molar-refractivity contribution in [2.24, 2.45) is 0 Å². The molecule has 2 heterocycles. The van der Waals surface area contributed by atoms with Gasteiger partial charge in [0.2, 0.25) is 0 Å². The normalized spacial score (nSPS) is 18.7. The minimum Gasteiger partial charge on any atom is -0.358 e. The lowest BCUT2D eigenvalue weighted by molar-refractivity contribution is 0.427. The highest BCUT2D eigenvalue weighted by atomic mass is 19.1. The zero-order valence-corrected chi connectivity index (χ0v) is 9.52. The maximum atomic E-state index is 13.2. The summed E-state index contributed by atoms with van der Waals surface area (Å²) in [6.45, 7) is 6.17. The number of fused-ring (bicyclic) bond motifs is 3. The number of aromatic amines is 1. The summed E-state index contributed by atoms with van der Waals surface area (Å²) in [6, 6.07) is 4.94. The van der Waals surface area contributed by atoms with Gasteiger partial charge in [-0.15, -0.1) is 0 Å². The average molecular weight is 218 g/mol. The summed E-state index contributed by atoms with van der Waals surface area (Å²) in [4.78, 5) is 3.43. The number of aromatic nitrogens is 1. The molecule has 1 aromatic carbocycles. The lowest BCUT2D eigenvalue weighted by Gasteiger charge is -2.30. The van der Waals surface area contributed by atoms with Crippen molar-refractivity contribution < 1.29 is 4.39 Å². The molecule has 1 aliphatic rings. The molecule has 0 radical (unpaired) electrons. The highest BCUT2D eigenvalue weighted by Crippen LogP contribution is 2.34. The third-order valence-corrected chi connectivity index (χ3v) is 3.41.